The maximum Gasteiger partial charge on any atom is 0.168 e. The highest BCUT2D eigenvalue weighted by Gasteiger charge is 2.06. The summed E-state index contributed by atoms with van der Waals surface area (Å²) in [6.45, 7) is 2.16. The summed E-state index contributed by atoms with van der Waals surface area (Å²) in [5, 5.41) is 3.82. The van der Waals surface area contributed by atoms with Crippen molar-refractivity contribution < 1.29 is 9.47 Å². The zero-order valence-corrected chi connectivity index (χ0v) is 14.7. The average Bonchev–Trinajstić information content (AvgIpc) is 2.61. The van der Waals surface area contributed by atoms with Crippen molar-refractivity contribution in [1.29, 1.82) is 0 Å². The molecule has 3 rings (SSSR count). The van der Waals surface area contributed by atoms with Crippen molar-refractivity contribution >= 4 is 23.1 Å². The van der Waals surface area contributed by atoms with Crippen molar-refractivity contribution in [2.45, 2.75) is 13.5 Å². The summed E-state index contributed by atoms with van der Waals surface area (Å²) in [5.41, 5.74) is 1.76. The molecular formula is C19H18ClN3O2. The lowest BCUT2D eigenvalue weighted by molar-refractivity contribution is 0.296. The second-order valence-electron chi connectivity index (χ2n) is 5.38. The van der Waals surface area contributed by atoms with Gasteiger partial charge in [-0.3, -0.25) is 0 Å². The summed E-state index contributed by atoms with van der Waals surface area (Å²) in [6.07, 6.45) is 0. The molecule has 5 nitrogen and oxygen atoms in total. The van der Waals surface area contributed by atoms with E-state index in [1.807, 2.05) is 55.5 Å². The maximum atomic E-state index is 6.10. The number of aromatic nitrogens is 2. The van der Waals surface area contributed by atoms with Gasteiger partial charge in [-0.2, -0.15) is 0 Å². The van der Waals surface area contributed by atoms with Gasteiger partial charge >= 0.3 is 0 Å². The Bertz CT molecular complexity index is 854. The predicted molar refractivity (Wildman–Crippen MR) is 98.8 cm³/mol. The third-order valence-electron chi connectivity index (χ3n) is 3.46. The molecule has 1 aromatic heterocycles. The van der Waals surface area contributed by atoms with Gasteiger partial charge in [0.2, 0.25) is 0 Å². The molecule has 1 N–H and O–H groups in total. The quantitative estimate of drug-likeness (QED) is 0.690. The van der Waals surface area contributed by atoms with E-state index in [9.17, 15) is 0 Å². The molecule has 0 bridgehead atoms. The van der Waals surface area contributed by atoms with E-state index in [0.29, 0.717) is 22.4 Å². The van der Waals surface area contributed by atoms with Gasteiger partial charge in [0.25, 0.3) is 0 Å². The minimum atomic E-state index is 0.239. The van der Waals surface area contributed by atoms with E-state index in [1.165, 1.54) is 0 Å². The zero-order chi connectivity index (χ0) is 17.6. The van der Waals surface area contributed by atoms with Gasteiger partial charge in [-0.15, -0.1) is 0 Å². The van der Waals surface area contributed by atoms with E-state index in [2.05, 4.69) is 15.3 Å². The number of nitrogens with zero attached hydrogens (tertiary/aromatic N) is 2. The smallest absolute Gasteiger partial charge is 0.168 e. The van der Waals surface area contributed by atoms with E-state index in [4.69, 9.17) is 21.1 Å². The van der Waals surface area contributed by atoms with E-state index in [-0.39, 0.29) is 6.61 Å². The van der Waals surface area contributed by atoms with Crippen LogP contribution in [0.3, 0.4) is 0 Å². The Hall–Kier alpha value is -2.79. The van der Waals surface area contributed by atoms with Crippen LogP contribution in [-0.2, 0) is 6.61 Å². The molecule has 0 unspecified atom stereocenters. The van der Waals surface area contributed by atoms with Crippen molar-refractivity contribution in [2.75, 3.05) is 12.4 Å². The first-order valence-electron chi connectivity index (χ1n) is 7.77. The average molecular weight is 356 g/mol. The van der Waals surface area contributed by atoms with Crippen LogP contribution in [-0.4, -0.2) is 17.1 Å². The zero-order valence-electron chi connectivity index (χ0n) is 14.0. The maximum absolute atomic E-state index is 6.10. The molecule has 0 fully saturated rings. The van der Waals surface area contributed by atoms with Gasteiger partial charge in [0.15, 0.2) is 5.82 Å². The van der Waals surface area contributed by atoms with Crippen LogP contribution in [0.4, 0.5) is 11.5 Å². The molecule has 6 heteroatoms. The summed E-state index contributed by atoms with van der Waals surface area (Å²) < 4.78 is 10.9. The normalized spacial score (nSPS) is 10.4. The topological polar surface area (TPSA) is 56.3 Å². The number of rotatable bonds is 6. The molecule has 0 amide bonds. The van der Waals surface area contributed by atoms with Crippen LogP contribution in [0.25, 0.3) is 0 Å². The van der Waals surface area contributed by atoms with E-state index in [0.717, 1.165) is 17.1 Å². The van der Waals surface area contributed by atoms with Gasteiger partial charge in [0.1, 0.15) is 23.9 Å². The number of benzene rings is 2. The van der Waals surface area contributed by atoms with Crippen LogP contribution in [0.5, 0.6) is 11.5 Å². The van der Waals surface area contributed by atoms with Crippen LogP contribution in [0, 0.1) is 6.92 Å². The molecule has 128 valence electrons. The van der Waals surface area contributed by atoms with Gasteiger partial charge in [0, 0.05) is 17.4 Å². The van der Waals surface area contributed by atoms with Gasteiger partial charge in [-0.25, -0.2) is 9.97 Å². The Morgan fingerprint density at radius 2 is 1.80 bits per heavy atom. The third-order valence-corrected chi connectivity index (χ3v) is 3.77. The number of anilines is 2. The fraction of sp³-hybridized carbons (Fsp3) is 0.158. The van der Waals surface area contributed by atoms with Gasteiger partial charge in [0.05, 0.1) is 12.1 Å². The fourth-order valence-corrected chi connectivity index (χ4v) is 2.48. The molecule has 1 heterocycles. The summed E-state index contributed by atoms with van der Waals surface area (Å²) in [4.78, 5) is 8.90. The third kappa shape index (κ3) is 4.61. The van der Waals surface area contributed by atoms with Crippen molar-refractivity contribution in [3.8, 4) is 11.5 Å². The standard InChI is InChI=1S/C19H18ClN3O2/c1-13-11-18(22-14-7-9-15(24-2)10-8-14)23-19(21-13)12-25-17-6-4-3-5-16(17)20/h3-11H,12H2,1-2H3,(H,21,22,23). The molecule has 0 saturated carbocycles. The number of ether oxygens (including phenoxy) is 2. The van der Waals surface area contributed by atoms with Crippen LogP contribution >= 0.6 is 11.6 Å². The lowest BCUT2D eigenvalue weighted by atomic mass is 10.3. The van der Waals surface area contributed by atoms with Crippen molar-refractivity contribution in [3.05, 3.63) is 71.1 Å². The van der Waals surface area contributed by atoms with Gasteiger partial charge in [-0.1, -0.05) is 23.7 Å². The first kappa shape index (κ1) is 17.0. The van der Waals surface area contributed by atoms with Crippen LogP contribution in [0.1, 0.15) is 11.5 Å². The van der Waals surface area contributed by atoms with E-state index < -0.39 is 0 Å². The molecule has 2 aromatic carbocycles. The number of para-hydroxylation sites is 1. The molecule has 0 radical (unpaired) electrons. The summed E-state index contributed by atoms with van der Waals surface area (Å²) in [7, 11) is 1.64. The highest BCUT2D eigenvalue weighted by atomic mass is 35.5. The summed E-state index contributed by atoms with van der Waals surface area (Å²) in [5.74, 6) is 2.70. The minimum Gasteiger partial charge on any atom is -0.497 e. The van der Waals surface area contributed by atoms with Crippen molar-refractivity contribution in [2.24, 2.45) is 0 Å². The van der Waals surface area contributed by atoms with Crippen LogP contribution < -0.4 is 14.8 Å². The number of halogens is 1. The fourth-order valence-electron chi connectivity index (χ4n) is 2.28. The lowest BCUT2D eigenvalue weighted by Crippen LogP contribution is -2.05. The Morgan fingerprint density at radius 3 is 2.52 bits per heavy atom. The molecule has 25 heavy (non-hydrogen) atoms. The van der Waals surface area contributed by atoms with Crippen LogP contribution in [0.15, 0.2) is 54.6 Å². The Morgan fingerprint density at radius 1 is 1.04 bits per heavy atom. The highest BCUT2D eigenvalue weighted by molar-refractivity contribution is 6.32. The van der Waals surface area contributed by atoms with Gasteiger partial charge in [-0.05, 0) is 43.3 Å². The highest BCUT2D eigenvalue weighted by Crippen LogP contribution is 2.24. The number of hydrogen-bond donors (Lipinski definition) is 1. The number of nitrogens with one attached hydrogen (secondary N) is 1. The van der Waals surface area contributed by atoms with Gasteiger partial charge < -0.3 is 14.8 Å². The van der Waals surface area contributed by atoms with E-state index >= 15 is 0 Å². The molecule has 0 spiro atoms. The molecule has 3 aromatic rings. The minimum absolute atomic E-state index is 0.239. The molecule has 0 aliphatic heterocycles. The van der Waals surface area contributed by atoms with Crippen LogP contribution in [0.2, 0.25) is 5.02 Å². The first-order chi connectivity index (χ1) is 12.1. The van der Waals surface area contributed by atoms with Crippen molar-refractivity contribution in [1.82, 2.24) is 9.97 Å². The molecular weight excluding hydrogens is 338 g/mol. The second kappa shape index (κ2) is 7.85. The first-order valence-corrected chi connectivity index (χ1v) is 8.15. The number of aryl methyl sites for hydroxylation is 1. The predicted octanol–water partition coefficient (Wildman–Crippen LogP) is 4.77. The molecule has 0 atom stereocenters. The lowest BCUT2D eigenvalue weighted by Gasteiger charge is -2.10. The van der Waals surface area contributed by atoms with E-state index in [1.54, 1.807) is 13.2 Å². The summed E-state index contributed by atoms with van der Waals surface area (Å²) in [6, 6.07) is 16.8. The Balaban J connectivity index is 1.72. The number of hydrogen-bond acceptors (Lipinski definition) is 5. The van der Waals surface area contributed by atoms with Crippen molar-refractivity contribution in [3.63, 3.8) is 0 Å². The SMILES string of the molecule is COc1ccc(Nc2cc(C)nc(COc3ccccc3Cl)n2)cc1. The molecule has 0 aliphatic rings. The Kier molecular flexibility index (Phi) is 5.36. The molecule has 0 aliphatic carbocycles. The number of methoxy groups -OCH3 is 1. The second-order valence-corrected chi connectivity index (χ2v) is 5.79. The summed E-state index contributed by atoms with van der Waals surface area (Å²) >= 11 is 6.10. The Labute approximate surface area is 151 Å². The molecule has 0 saturated heterocycles. The largest absolute Gasteiger partial charge is 0.497 e. The monoisotopic (exact) mass is 355 g/mol.